The van der Waals surface area contributed by atoms with Crippen LogP contribution in [-0.2, 0) is 6.54 Å². The highest BCUT2D eigenvalue weighted by atomic mass is 15.3. The Morgan fingerprint density at radius 1 is 1.32 bits per heavy atom. The van der Waals surface area contributed by atoms with Crippen LogP contribution in [0.25, 0.3) is 0 Å². The number of anilines is 1. The van der Waals surface area contributed by atoms with E-state index in [4.69, 9.17) is 0 Å². The lowest BCUT2D eigenvalue weighted by Gasteiger charge is -2.27. The molecule has 1 aliphatic carbocycles. The van der Waals surface area contributed by atoms with Crippen molar-refractivity contribution in [1.82, 2.24) is 15.1 Å². The fraction of sp³-hybridized carbons (Fsp3) is 0.500. The maximum absolute atomic E-state index is 4.56. The summed E-state index contributed by atoms with van der Waals surface area (Å²) in [6.45, 7) is 5.14. The molecule has 2 atom stereocenters. The van der Waals surface area contributed by atoms with Crippen LogP contribution < -0.4 is 10.6 Å². The largest absolute Gasteiger partial charge is 0.370 e. The van der Waals surface area contributed by atoms with E-state index in [1.165, 1.54) is 18.4 Å². The van der Waals surface area contributed by atoms with E-state index in [0.717, 1.165) is 37.1 Å². The Balaban J connectivity index is 1.39. The maximum atomic E-state index is 4.56. The van der Waals surface area contributed by atoms with Gasteiger partial charge in [0.2, 0.25) is 0 Å². The zero-order valence-corrected chi connectivity index (χ0v) is 13.1. The van der Waals surface area contributed by atoms with Crippen molar-refractivity contribution in [3.8, 4) is 0 Å². The Labute approximate surface area is 131 Å². The van der Waals surface area contributed by atoms with Crippen molar-refractivity contribution in [3.63, 3.8) is 0 Å². The van der Waals surface area contributed by atoms with Crippen LogP contribution in [0.2, 0.25) is 0 Å². The smallest absolute Gasteiger partial charge is 0.124 e. The molecule has 1 aromatic carbocycles. The van der Waals surface area contributed by atoms with Crippen LogP contribution in [0, 0.1) is 18.8 Å². The molecule has 4 nitrogen and oxygen atoms in total. The summed E-state index contributed by atoms with van der Waals surface area (Å²) in [6, 6.07) is 13.5. The molecule has 0 unspecified atom stereocenters. The third-order valence-corrected chi connectivity index (χ3v) is 4.78. The van der Waals surface area contributed by atoms with E-state index in [9.17, 15) is 0 Å². The maximum Gasteiger partial charge on any atom is 0.124 e. The molecule has 0 bridgehead atoms. The lowest BCUT2D eigenvalue weighted by Crippen LogP contribution is -2.37. The van der Waals surface area contributed by atoms with Crippen LogP contribution in [0.4, 0.5) is 5.82 Å². The fourth-order valence-corrected chi connectivity index (χ4v) is 3.46. The van der Waals surface area contributed by atoms with E-state index < -0.39 is 0 Å². The van der Waals surface area contributed by atoms with E-state index in [1.54, 1.807) is 0 Å². The van der Waals surface area contributed by atoms with Crippen LogP contribution in [-0.4, -0.2) is 22.9 Å². The zero-order chi connectivity index (χ0) is 14.9. The summed E-state index contributed by atoms with van der Waals surface area (Å²) in [6.07, 6.45) is 2.72. The molecule has 1 saturated carbocycles. The molecular weight excluding hydrogens is 272 g/mol. The molecule has 1 fully saturated rings. The Morgan fingerprint density at radius 3 is 2.91 bits per heavy atom. The molecule has 1 aromatic heterocycles. The first-order valence-electron chi connectivity index (χ1n) is 8.36. The second-order valence-corrected chi connectivity index (χ2v) is 6.73. The van der Waals surface area contributed by atoms with E-state index in [1.807, 2.05) is 0 Å². The van der Waals surface area contributed by atoms with E-state index in [2.05, 4.69) is 63.7 Å². The second kappa shape index (κ2) is 5.76. The van der Waals surface area contributed by atoms with Gasteiger partial charge in [0.15, 0.2) is 0 Å². The number of nitrogens with zero attached hydrogens (tertiary/aromatic N) is 2. The Bertz CT molecular complexity index is 630. The monoisotopic (exact) mass is 296 g/mol. The third-order valence-electron chi connectivity index (χ3n) is 4.78. The van der Waals surface area contributed by atoms with E-state index in [-0.39, 0.29) is 0 Å². The van der Waals surface area contributed by atoms with Gasteiger partial charge in [0.25, 0.3) is 0 Å². The number of hydrogen-bond acceptors (Lipinski definition) is 3. The van der Waals surface area contributed by atoms with Gasteiger partial charge in [0.05, 0.1) is 5.69 Å². The summed E-state index contributed by atoms with van der Waals surface area (Å²) in [5.74, 6) is 2.58. The normalized spacial score (nSPS) is 22.0. The topological polar surface area (TPSA) is 41.9 Å². The molecule has 2 aromatic rings. The van der Waals surface area contributed by atoms with Crippen LogP contribution in [0.15, 0.2) is 36.4 Å². The van der Waals surface area contributed by atoms with E-state index >= 15 is 0 Å². The number of aromatic nitrogens is 2. The number of aryl methyl sites for hydroxylation is 1. The molecule has 116 valence electrons. The van der Waals surface area contributed by atoms with Crippen molar-refractivity contribution in [2.45, 2.75) is 32.4 Å². The van der Waals surface area contributed by atoms with Crippen molar-refractivity contribution >= 4 is 5.82 Å². The van der Waals surface area contributed by atoms with Crippen molar-refractivity contribution in [3.05, 3.63) is 47.7 Å². The molecule has 0 radical (unpaired) electrons. The third kappa shape index (κ3) is 2.88. The van der Waals surface area contributed by atoms with Gasteiger partial charge in [-0.2, -0.15) is 5.10 Å². The summed E-state index contributed by atoms with van der Waals surface area (Å²) in [5.41, 5.74) is 2.53. The van der Waals surface area contributed by atoms with Gasteiger partial charge in [-0.3, -0.25) is 0 Å². The highest BCUT2D eigenvalue weighted by molar-refractivity contribution is 5.38. The minimum absolute atomic E-state index is 0.516. The Kier molecular flexibility index (Phi) is 3.62. The minimum Gasteiger partial charge on any atom is -0.370 e. The second-order valence-electron chi connectivity index (χ2n) is 6.73. The molecule has 2 N–H and O–H groups in total. The average molecular weight is 296 g/mol. The lowest BCUT2D eigenvalue weighted by molar-refractivity contribution is 0.358. The number of benzene rings is 1. The summed E-state index contributed by atoms with van der Waals surface area (Å²) < 4.78 is 2.11. The summed E-state index contributed by atoms with van der Waals surface area (Å²) in [5, 5.41) is 11.9. The summed E-state index contributed by atoms with van der Waals surface area (Å²) in [4.78, 5) is 0. The standard InChI is InChI=1S/C18H24N4/c1-13-9-17-19-10-14(12-22(17)21-13)11-20-18(16-7-8-16)15-5-3-2-4-6-15/h2-6,9,14,16,18-20H,7-8,10-12H2,1H3/t14-,18-/m0/s1. The van der Waals surface area contributed by atoms with Crippen molar-refractivity contribution in [1.29, 1.82) is 0 Å². The number of hydrogen-bond donors (Lipinski definition) is 2. The molecular formula is C18H24N4. The molecule has 22 heavy (non-hydrogen) atoms. The van der Waals surface area contributed by atoms with Crippen LogP contribution in [0.3, 0.4) is 0 Å². The summed E-state index contributed by atoms with van der Waals surface area (Å²) in [7, 11) is 0. The minimum atomic E-state index is 0.516. The van der Waals surface area contributed by atoms with Crippen molar-refractivity contribution in [2.75, 3.05) is 18.4 Å². The van der Waals surface area contributed by atoms with Crippen molar-refractivity contribution in [2.24, 2.45) is 11.8 Å². The van der Waals surface area contributed by atoms with E-state index in [0.29, 0.717) is 12.0 Å². The molecule has 4 rings (SSSR count). The first kappa shape index (κ1) is 13.8. The van der Waals surface area contributed by atoms with Gasteiger partial charge in [-0.1, -0.05) is 30.3 Å². The SMILES string of the molecule is Cc1cc2n(n1)C[C@H](CN[C@@H](c1ccccc1)C1CC1)CN2. The quantitative estimate of drug-likeness (QED) is 0.891. The first-order valence-corrected chi connectivity index (χ1v) is 8.36. The average Bonchev–Trinajstić information content (AvgIpc) is 3.29. The number of nitrogens with one attached hydrogen (secondary N) is 2. The van der Waals surface area contributed by atoms with Gasteiger partial charge in [-0.15, -0.1) is 0 Å². The molecule has 2 heterocycles. The van der Waals surface area contributed by atoms with Crippen LogP contribution in [0.1, 0.15) is 30.1 Å². The fourth-order valence-electron chi connectivity index (χ4n) is 3.46. The molecule has 4 heteroatoms. The summed E-state index contributed by atoms with van der Waals surface area (Å²) >= 11 is 0. The predicted octanol–water partition coefficient (Wildman–Crippen LogP) is 2.97. The van der Waals surface area contributed by atoms with Gasteiger partial charge < -0.3 is 10.6 Å². The number of rotatable bonds is 5. The van der Waals surface area contributed by atoms with Gasteiger partial charge in [-0.05, 0) is 31.2 Å². The van der Waals surface area contributed by atoms with Crippen LogP contribution in [0.5, 0.6) is 0 Å². The molecule has 2 aliphatic rings. The van der Waals surface area contributed by atoms with Crippen molar-refractivity contribution < 1.29 is 0 Å². The molecule has 1 aliphatic heterocycles. The van der Waals surface area contributed by atoms with Crippen LogP contribution >= 0.6 is 0 Å². The Hall–Kier alpha value is -1.81. The Morgan fingerprint density at radius 2 is 2.14 bits per heavy atom. The highest BCUT2D eigenvalue weighted by Gasteiger charge is 2.32. The molecule has 0 spiro atoms. The highest BCUT2D eigenvalue weighted by Crippen LogP contribution is 2.41. The predicted molar refractivity (Wildman–Crippen MR) is 88.9 cm³/mol. The van der Waals surface area contributed by atoms with Gasteiger partial charge in [0, 0.05) is 37.7 Å². The van der Waals surface area contributed by atoms with Gasteiger partial charge >= 0.3 is 0 Å². The molecule has 0 amide bonds. The van der Waals surface area contributed by atoms with Gasteiger partial charge in [0.1, 0.15) is 5.82 Å². The lowest BCUT2D eigenvalue weighted by atomic mass is 10.0. The van der Waals surface area contributed by atoms with Gasteiger partial charge in [-0.25, -0.2) is 4.68 Å². The first-order chi connectivity index (χ1) is 10.8. The number of fused-ring (bicyclic) bond motifs is 1. The zero-order valence-electron chi connectivity index (χ0n) is 13.1. The molecule has 0 saturated heterocycles.